The summed E-state index contributed by atoms with van der Waals surface area (Å²) in [6.45, 7) is 30.5. The van der Waals surface area contributed by atoms with E-state index in [2.05, 4.69) is 79.0 Å². The molecule has 0 N–H and O–H groups in total. The van der Waals surface area contributed by atoms with Crippen LogP contribution in [0.15, 0.2) is 0 Å². The molecule has 0 atom stereocenters. The topological polar surface area (TPSA) is 6.48 Å². The van der Waals surface area contributed by atoms with Crippen LogP contribution in [0.1, 0.15) is 101 Å². The van der Waals surface area contributed by atoms with Crippen molar-refractivity contribution in [1.82, 2.24) is 9.80 Å². The third-order valence-corrected chi connectivity index (χ3v) is 6.88. The van der Waals surface area contributed by atoms with Crippen LogP contribution in [-0.4, -0.2) is 48.1 Å². The van der Waals surface area contributed by atoms with E-state index in [1.165, 1.54) is 64.8 Å². The third-order valence-electron chi connectivity index (χ3n) is 6.88. The number of rotatable bonds is 9. The fourth-order valence-electron chi connectivity index (χ4n) is 5.22. The molecule has 156 valence electrons. The van der Waals surface area contributed by atoms with Gasteiger partial charge in [-0.3, -0.25) is 4.90 Å². The first kappa shape index (κ1) is 24.0. The molecule has 0 aliphatic carbocycles. The monoisotopic (exact) mass is 366 g/mol. The number of hydrogen-bond acceptors (Lipinski definition) is 2. The van der Waals surface area contributed by atoms with Gasteiger partial charge in [-0.15, -0.1) is 0 Å². The zero-order valence-corrected chi connectivity index (χ0v) is 20.0. The van der Waals surface area contributed by atoms with Crippen LogP contribution in [-0.2, 0) is 0 Å². The lowest BCUT2D eigenvalue weighted by Gasteiger charge is -2.43. The number of nitrogens with zero attached hydrogens (tertiary/aromatic N) is 2. The summed E-state index contributed by atoms with van der Waals surface area (Å²) in [4.78, 5) is 5.51. The molecular weight excluding hydrogens is 316 g/mol. The van der Waals surface area contributed by atoms with Gasteiger partial charge < -0.3 is 4.90 Å². The van der Waals surface area contributed by atoms with Crippen molar-refractivity contribution >= 4 is 0 Å². The third kappa shape index (κ3) is 7.89. The van der Waals surface area contributed by atoms with Crippen molar-refractivity contribution in [3.63, 3.8) is 0 Å². The van der Waals surface area contributed by atoms with Crippen LogP contribution in [0.5, 0.6) is 0 Å². The Labute approximate surface area is 166 Å². The predicted octanol–water partition coefficient (Wildman–Crippen LogP) is 6.45. The van der Waals surface area contributed by atoms with Crippen molar-refractivity contribution in [3.8, 4) is 0 Å². The van der Waals surface area contributed by atoms with Crippen molar-refractivity contribution in [2.24, 2.45) is 16.2 Å². The first-order valence-electron chi connectivity index (χ1n) is 11.2. The molecule has 0 saturated carbocycles. The minimum absolute atomic E-state index is 0.301. The fraction of sp³-hybridized carbons (Fsp3) is 1.00. The smallest absolute Gasteiger partial charge is 0.0158 e. The van der Waals surface area contributed by atoms with E-state index in [9.17, 15) is 0 Å². The molecule has 0 aromatic rings. The van der Waals surface area contributed by atoms with Gasteiger partial charge in [0.15, 0.2) is 0 Å². The first-order chi connectivity index (χ1) is 11.7. The molecule has 2 nitrogen and oxygen atoms in total. The predicted molar refractivity (Wildman–Crippen MR) is 118 cm³/mol. The zero-order valence-electron chi connectivity index (χ0n) is 20.0. The molecule has 1 fully saturated rings. The van der Waals surface area contributed by atoms with Crippen molar-refractivity contribution in [2.75, 3.05) is 32.7 Å². The van der Waals surface area contributed by atoms with Gasteiger partial charge in [0.2, 0.25) is 0 Å². The molecule has 0 spiro atoms. The van der Waals surface area contributed by atoms with Crippen LogP contribution in [0.4, 0.5) is 0 Å². The Morgan fingerprint density at radius 3 is 1.69 bits per heavy atom. The SMILES string of the molecule is CCC(C)(C)CC(C)(C)CN1CCCN(C(C)(C)CC(C)(C)CC)CC1. The van der Waals surface area contributed by atoms with Crippen LogP contribution in [0.2, 0.25) is 0 Å². The van der Waals surface area contributed by atoms with E-state index >= 15 is 0 Å². The molecule has 1 heterocycles. The van der Waals surface area contributed by atoms with Crippen molar-refractivity contribution in [3.05, 3.63) is 0 Å². The molecule has 2 heteroatoms. The summed E-state index contributed by atoms with van der Waals surface area (Å²) in [5, 5.41) is 0. The van der Waals surface area contributed by atoms with Gasteiger partial charge in [0, 0.05) is 25.2 Å². The Morgan fingerprint density at radius 1 is 0.615 bits per heavy atom. The van der Waals surface area contributed by atoms with Gasteiger partial charge >= 0.3 is 0 Å². The highest BCUT2D eigenvalue weighted by Crippen LogP contribution is 2.37. The van der Waals surface area contributed by atoms with E-state index in [4.69, 9.17) is 0 Å². The van der Waals surface area contributed by atoms with Gasteiger partial charge in [-0.25, -0.2) is 0 Å². The maximum atomic E-state index is 2.77. The quantitative estimate of drug-likeness (QED) is 0.462. The minimum atomic E-state index is 0.301. The van der Waals surface area contributed by atoms with E-state index in [0.717, 1.165) is 0 Å². The Hall–Kier alpha value is -0.0800. The molecule has 0 bridgehead atoms. The summed E-state index contributed by atoms with van der Waals surface area (Å²) in [6.07, 6.45) is 6.44. The normalized spacial score (nSPS) is 19.6. The molecule has 0 aromatic carbocycles. The van der Waals surface area contributed by atoms with Gasteiger partial charge in [-0.2, -0.15) is 0 Å². The van der Waals surface area contributed by atoms with Gasteiger partial charge in [0.05, 0.1) is 0 Å². The average Bonchev–Trinajstić information content (AvgIpc) is 2.70. The molecular formula is C24H50N2. The molecule has 1 saturated heterocycles. The molecule has 26 heavy (non-hydrogen) atoms. The summed E-state index contributed by atoms with van der Waals surface area (Å²) in [7, 11) is 0. The maximum Gasteiger partial charge on any atom is 0.0158 e. The largest absolute Gasteiger partial charge is 0.301 e. The first-order valence-corrected chi connectivity index (χ1v) is 11.2. The highest BCUT2D eigenvalue weighted by molar-refractivity contribution is 4.90. The highest BCUT2D eigenvalue weighted by Gasteiger charge is 2.35. The second-order valence-corrected chi connectivity index (χ2v) is 12.0. The summed E-state index contributed by atoms with van der Waals surface area (Å²) >= 11 is 0. The van der Waals surface area contributed by atoms with E-state index in [0.29, 0.717) is 21.8 Å². The molecule has 0 aromatic heterocycles. The molecule has 1 rings (SSSR count). The maximum absolute atomic E-state index is 2.77. The van der Waals surface area contributed by atoms with Crippen LogP contribution in [0, 0.1) is 16.2 Å². The average molecular weight is 367 g/mol. The van der Waals surface area contributed by atoms with Crippen molar-refractivity contribution < 1.29 is 0 Å². The van der Waals surface area contributed by atoms with Crippen LogP contribution >= 0.6 is 0 Å². The van der Waals surface area contributed by atoms with E-state index < -0.39 is 0 Å². The lowest BCUT2D eigenvalue weighted by molar-refractivity contribution is 0.0697. The lowest BCUT2D eigenvalue weighted by atomic mass is 9.73. The fourth-order valence-corrected chi connectivity index (χ4v) is 5.22. The van der Waals surface area contributed by atoms with E-state index in [-0.39, 0.29) is 0 Å². The molecule has 0 radical (unpaired) electrons. The second kappa shape index (κ2) is 8.95. The molecule has 1 aliphatic heterocycles. The highest BCUT2D eigenvalue weighted by atomic mass is 15.3. The van der Waals surface area contributed by atoms with Crippen LogP contribution in [0.3, 0.4) is 0 Å². The van der Waals surface area contributed by atoms with Crippen molar-refractivity contribution in [1.29, 1.82) is 0 Å². The Kier molecular flexibility index (Phi) is 8.24. The summed E-state index contributed by atoms with van der Waals surface area (Å²) < 4.78 is 0. The van der Waals surface area contributed by atoms with Gasteiger partial charge in [0.25, 0.3) is 0 Å². The summed E-state index contributed by atoms with van der Waals surface area (Å²) in [5.41, 5.74) is 1.59. The molecule has 0 unspecified atom stereocenters. The summed E-state index contributed by atoms with van der Waals surface area (Å²) in [5.74, 6) is 0. The van der Waals surface area contributed by atoms with Gasteiger partial charge in [-0.1, -0.05) is 68.2 Å². The van der Waals surface area contributed by atoms with Crippen LogP contribution < -0.4 is 0 Å². The molecule has 0 amide bonds. The zero-order chi connectivity index (χ0) is 20.2. The minimum Gasteiger partial charge on any atom is -0.301 e. The standard InChI is InChI=1S/C24H50N2/c1-11-21(3,4)18-23(7,8)20-25-14-13-15-26(17-16-25)24(9,10)19-22(5,6)12-2/h11-20H2,1-10H3. The van der Waals surface area contributed by atoms with Crippen molar-refractivity contribution in [2.45, 2.75) is 107 Å². The van der Waals surface area contributed by atoms with E-state index in [1.807, 2.05) is 0 Å². The Balaban J connectivity index is 2.65. The summed E-state index contributed by atoms with van der Waals surface area (Å²) in [6, 6.07) is 0. The molecule has 1 aliphatic rings. The lowest BCUT2D eigenvalue weighted by Crippen LogP contribution is -2.48. The van der Waals surface area contributed by atoms with Gasteiger partial charge in [-0.05, 0) is 62.4 Å². The van der Waals surface area contributed by atoms with E-state index in [1.54, 1.807) is 0 Å². The Morgan fingerprint density at radius 2 is 1.15 bits per heavy atom. The Bertz CT molecular complexity index is 420. The van der Waals surface area contributed by atoms with Gasteiger partial charge in [0.1, 0.15) is 0 Å². The second-order valence-electron chi connectivity index (χ2n) is 12.0. The van der Waals surface area contributed by atoms with Crippen LogP contribution in [0.25, 0.3) is 0 Å². The number of hydrogen-bond donors (Lipinski definition) is 0.